The van der Waals surface area contributed by atoms with Gasteiger partial charge in [0.25, 0.3) is 0 Å². The highest BCUT2D eigenvalue weighted by atomic mass is 19.4. The molecule has 0 bridgehead atoms. The van der Waals surface area contributed by atoms with E-state index in [0.717, 1.165) is 6.20 Å². The standard InChI is InChI=1S/C17H19F3N4O4/c1-5-27-14(25)10-9-21-24(13(10)17(18,19)20)12-8-6-7-11(22-12)23-15(26)28-16(2,3)4/h6-9H,5H2,1-4H3,(H,22,23,26). The summed E-state index contributed by atoms with van der Waals surface area (Å²) in [5.74, 6) is -1.45. The number of pyridine rings is 1. The molecule has 0 fully saturated rings. The second-order valence-corrected chi connectivity index (χ2v) is 6.54. The van der Waals surface area contributed by atoms with Gasteiger partial charge in [0.15, 0.2) is 11.5 Å². The highest BCUT2D eigenvalue weighted by Crippen LogP contribution is 2.33. The van der Waals surface area contributed by atoms with Crippen LogP contribution in [0.5, 0.6) is 0 Å². The number of hydrogen-bond donors (Lipinski definition) is 1. The smallest absolute Gasteiger partial charge is 0.434 e. The average Bonchev–Trinajstić information content (AvgIpc) is 2.98. The van der Waals surface area contributed by atoms with Crippen molar-refractivity contribution in [2.45, 2.75) is 39.5 Å². The van der Waals surface area contributed by atoms with Crippen LogP contribution >= 0.6 is 0 Å². The fraction of sp³-hybridized carbons (Fsp3) is 0.412. The van der Waals surface area contributed by atoms with Crippen LogP contribution in [0.15, 0.2) is 24.4 Å². The van der Waals surface area contributed by atoms with Crippen molar-refractivity contribution in [2.24, 2.45) is 0 Å². The number of esters is 1. The summed E-state index contributed by atoms with van der Waals surface area (Å²) in [4.78, 5) is 27.6. The van der Waals surface area contributed by atoms with E-state index in [0.29, 0.717) is 4.68 Å². The minimum atomic E-state index is -4.89. The maximum atomic E-state index is 13.5. The van der Waals surface area contributed by atoms with Crippen LogP contribution in [0.3, 0.4) is 0 Å². The molecule has 0 atom stereocenters. The number of halogens is 3. The molecule has 0 aromatic carbocycles. The summed E-state index contributed by atoms with van der Waals surface area (Å²) < 4.78 is 50.8. The summed E-state index contributed by atoms with van der Waals surface area (Å²) in [5, 5.41) is 5.96. The van der Waals surface area contributed by atoms with Gasteiger partial charge in [0, 0.05) is 0 Å². The topological polar surface area (TPSA) is 95.3 Å². The molecule has 0 unspecified atom stereocenters. The van der Waals surface area contributed by atoms with E-state index in [4.69, 9.17) is 4.74 Å². The minimum absolute atomic E-state index is 0.0481. The van der Waals surface area contributed by atoms with E-state index >= 15 is 0 Å². The lowest BCUT2D eigenvalue weighted by atomic mass is 10.2. The number of nitrogens with zero attached hydrogens (tertiary/aromatic N) is 3. The van der Waals surface area contributed by atoms with Crippen LogP contribution in [0.25, 0.3) is 5.82 Å². The Morgan fingerprint density at radius 3 is 2.46 bits per heavy atom. The molecule has 2 rings (SSSR count). The van der Waals surface area contributed by atoms with Crippen LogP contribution in [0.2, 0.25) is 0 Å². The minimum Gasteiger partial charge on any atom is -0.462 e. The maximum absolute atomic E-state index is 13.5. The first kappa shape index (κ1) is 21.2. The summed E-state index contributed by atoms with van der Waals surface area (Å²) in [7, 11) is 0. The van der Waals surface area contributed by atoms with Crippen LogP contribution in [-0.4, -0.2) is 39.0 Å². The molecule has 28 heavy (non-hydrogen) atoms. The number of ether oxygens (including phenoxy) is 2. The second kappa shape index (κ2) is 7.87. The Labute approximate surface area is 158 Å². The monoisotopic (exact) mass is 400 g/mol. The lowest BCUT2D eigenvalue weighted by Gasteiger charge is -2.19. The quantitative estimate of drug-likeness (QED) is 0.784. The van der Waals surface area contributed by atoms with Crippen molar-refractivity contribution in [2.75, 3.05) is 11.9 Å². The number of aromatic nitrogens is 3. The number of carbonyl (C=O) groups is 2. The highest BCUT2D eigenvalue weighted by molar-refractivity contribution is 5.90. The van der Waals surface area contributed by atoms with Crippen LogP contribution < -0.4 is 5.32 Å². The van der Waals surface area contributed by atoms with Crippen molar-refractivity contribution in [3.8, 4) is 5.82 Å². The number of amides is 1. The van der Waals surface area contributed by atoms with Crippen molar-refractivity contribution in [3.63, 3.8) is 0 Å². The summed E-state index contributed by atoms with van der Waals surface area (Å²) >= 11 is 0. The number of carbonyl (C=O) groups excluding carboxylic acids is 2. The average molecular weight is 400 g/mol. The van der Waals surface area contributed by atoms with Crippen molar-refractivity contribution in [1.29, 1.82) is 0 Å². The SMILES string of the molecule is CCOC(=O)c1cnn(-c2cccc(NC(=O)OC(C)(C)C)n2)c1C(F)(F)F. The predicted molar refractivity (Wildman–Crippen MR) is 92.2 cm³/mol. The predicted octanol–water partition coefficient (Wildman–Crippen LogP) is 3.81. The van der Waals surface area contributed by atoms with Gasteiger partial charge < -0.3 is 9.47 Å². The van der Waals surface area contributed by atoms with E-state index in [-0.39, 0.29) is 18.2 Å². The van der Waals surface area contributed by atoms with E-state index in [1.165, 1.54) is 25.1 Å². The van der Waals surface area contributed by atoms with Gasteiger partial charge in [-0.15, -0.1) is 0 Å². The lowest BCUT2D eigenvalue weighted by molar-refractivity contribution is -0.143. The Morgan fingerprint density at radius 1 is 1.21 bits per heavy atom. The van der Waals surface area contributed by atoms with Crippen molar-refractivity contribution in [1.82, 2.24) is 14.8 Å². The highest BCUT2D eigenvalue weighted by Gasteiger charge is 2.41. The number of anilines is 1. The van der Waals surface area contributed by atoms with Gasteiger partial charge in [-0.05, 0) is 39.8 Å². The van der Waals surface area contributed by atoms with Crippen molar-refractivity contribution >= 4 is 17.9 Å². The molecule has 2 aromatic heterocycles. The molecular formula is C17H19F3N4O4. The van der Waals surface area contributed by atoms with Gasteiger partial charge in [0.1, 0.15) is 17.0 Å². The fourth-order valence-electron chi connectivity index (χ4n) is 2.17. The third-order valence-electron chi connectivity index (χ3n) is 3.11. The largest absolute Gasteiger partial charge is 0.462 e. The normalized spacial score (nSPS) is 11.8. The van der Waals surface area contributed by atoms with Crippen LogP contribution in [-0.2, 0) is 15.7 Å². The molecule has 0 aliphatic carbocycles. The first-order valence-electron chi connectivity index (χ1n) is 8.22. The van der Waals surface area contributed by atoms with Crippen LogP contribution in [0.1, 0.15) is 43.7 Å². The summed E-state index contributed by atoms with van der Waals surface area (Å²) in [5.41, 5.74) is -2.82. The van der Waals surface area contributed by atoms with Gasteiger partial charge in [-0.2, -0.15) is 18.3 Å². The zero-order chi connectivity index (χ0) is 21.1. The third kappa shape index (κ3) is 5.21. The number of rotatable bonds is 4. The summed E-state index contributed by atoms with van der Waals surface area (Å²) in [6.45, 7) is 6.36. The summed E-state index contributed by atoms with van der Waals surface area (Å²) in [6, 6.07) is 3.99. The Balaban J connectivity index is 2.41. The van der Waals surface area contributed by atoms with Gasteiger partial charge in [0.2, 0.25) is 0 Å². The molecule has 0 aliphatic heterocycles. The molecule has 0 aliphatic rings. The Kier molecular flexibility index (Phi) is 5.95. The van der Waals surface area contributed by atoms with E-state index < -0.39 is 35.1 Å². The van der Waals surface area contributed by atoms with E-state index in [1.807, 2.05) is 0 Å². The number of alkyl halides is 3. The molecule has 8 nitrogen and oxygen atoms in total. The number of nitrogens with one attached hydrogen (secondary N) is 1. The second-order valence-electron chi connectivity index (χ2n) is 6.54. The maximum Gasteiger partial charge on any atom is 0.434 e. The van der Waals surface area contributed by atoms with Gasteiger partial charge in [0.05, 0.1) is 12.8 Å². The number of hydrogen-bond acceptors (Lipinski definition) is 6. The molecule has 0 spiro atoms. The summed E-state index contributed by atoms with van der Waals surface area (Å²) in [6.07, 6.45) is -4.95. The lowest BCUT2D eigenvalue weighted by Crippen LogP contribution is -2.27. The molecular weight excluding hydrogens is 381 g/mol. The first-order valence-corrected chi connectivity index (χ1v) is 8.22. The molecule has 2 aromatic rings. The fourth-order valence-corrected chi connectivity index (χ4v) is 2.17. The third-order valence-corrected chi connectivity index (χ3v) is 3.11. The van der Waals surface area contributed by atoms with Gasteiger partial charge in [-0.25, -0.2) is 19.3 Å². The van der Waals surface area contributed by atoms with Gasteiger partial charge >= 0.3 is 18.2 Å². The van der Waals surface area contributed by atoms with E-state index in [2.05, 4.69) is 20.1 Å². The van der Waals surface area contributed by atoms with Gasteiger partial charge in [-0.3, -0.25) is 5.32 Å². The Bertz CT molecular complexity index is 872. The molecule has 11 heteroatoms. The molecule has 1 N–H and O–H groups in total. The van der Waals surface area contributed by atoms with Crippen LogP contribution in [0, 0.1) is 0 Å². The zero-order valence-electron chi connectivity index (χ0n) is 15.6. The molecule has 2 heterocycles. The Morgan fingerprint density at radius 2 is 1.89 bits per heavy atom. The van der Waals surface area contributed by atoms with Crippen molar-refractivity contribution < 1.29 is 32.2 Å². The molecule has 0 saturated heterocycles. The Hall–Kier alpha value is -3.11. The molecule has 0 radical (unpaired) electrons. The van der Waals surface area contributed by atoms with E-state index in [1.54, 1.807) is 20.8 Å². The first-order chi connectivity index (χ1) is 12.9. The zero-order valence-corrected chi connectivity index (χ0v) is 15.6. The molecule has 0 saturated carbocycles. The van der Waals surface area contributed by atoms with Crippen molar-refractivity contribution in [3.05, 3.63) is 35.7 Å². The molecule has 1 amide bonds. The van der Waals surface area contributed by atoms with E-state index in [9.17, 15) is 22.8 Å². The van der Waals surface area contributed by atoms with Crippen LogP contribution in [0.4, 0.5) is 23.8 Å². The van der Waals surface area contributed by atoms with Gasteiger partial charge in [-0.1, -0.05) is 6.07 Å². The molecule has 152 valence electrons.